The zero-order valence-electron chi connectivity index (χ0n) is 16.0. The van der Waals surface area contributed by atoms with Gasteiger partial charge in [0.2, 0.25) is 0 Å². The van der Waals surface area contributed by atoms with Crippen LogP contribution in [0.5, 0.6) is 0 Å². The van der Waals surface area contributed by atoms with Crippen LogP contribution in [0.25, 0.3) is 10.9 Å². The largest absolute Gasteiger partial charge is 0.444 e. The Morgan fingerprint density at radius 1 is 1.19 bits per heavy atom. The van der Waals surface area contributed by atoms with Crippen molar-refractivity contribution in [3.05, 3.63) is 29.0 Å². The first kappa shape index (κ1) is 18.5. The molecule has 2 saturated heterocycles. The summed E-state index contributed by atoms with van der Waals surface area (Å²) in [6, 6.07) is 6.10. The summed E-state index contributed by atoms with van der Waals surface area (Å²) in [5.74, 6) is 1.000. The normalized spacial score (nSPS) is 19.3. The minimum Gasteiger partial charge on any atom is -0.444 e. The van der Waals surface area contributed by atoms with Gasteiger partial charge in [0.15, 0.2) is 0 Å². The van der Waals surface area contributed by atoms with E-state index >= 15 is 0 Å². The van der Waals surface area contributed by atoms with Crippen molar-refractivity contribution in [3.63, 3.8) is 0 Å². The molecular weight excluding hydrogens is 408 g/mol. The fourth-order valence-electron chi connectivity index (χ4n) is 4.00. The predicted molar refractivity (Wildman–Crippen MR) is 109 cm³/mol. The molecule has 1 aromatic carbocycles. The molecule has 27 heavy (non-hydrogen) atoms. The molecule has 2 aromatic rings. The van der Waals surface area contributed by atoms with Crippen LogP contribution in [0.1, 0.15) is 33.6 Å². The number of nitrogens with zero attached hydrogens (tertiary/aromatic N) is 4. The molecule has 4 rings (SSSR count). The van der Waals surface area contributed by atoms with Gasteiger partial charge in [-0.2, -0.15) is 0 Å². The Hall–Kier alpha value is -1.89. The fourth-order valence-corrected chi connectivity index (χ4v) is 4.36. The molecule has 0 bridgehead atoms. The first-order valence-electron chi connectivity index (χ1n) is 9.38. The van der Waals surface area contributed by atoms with Crippen molar-refractivity contribution in [3.8, 4) is 0 Å². The third-order valence-electron chi connectivity index (χ3n) is 5.40. The second-order valence-corrected chi connectivity index (χ2v) is 9.60. The number of piperidine rings is 1. The molecule has 2 aliphatic heterocycles. The summed E-state index contributed by atoms with van der Waals surface area (Å²) in [5, 5.41) is 1.08. The van der Waals surface area contributed by atoms with Crippen molar-refractivity contribution in [2.24, 2.45) is 5.41 Å². The van der Waals surface area contributed by atoms with Gasteiger partial charge in [-0.15, -0.1) is 0 Å². The molecule has 1 spiro atoms. The zero-order valence-corrected chi connectivity index (χ0v) is 17.6. The van der Waals surface area contributed by atoms with Crippen LogP contribution in [-0.2, 0) is 4.74 Å². The number of anilines is 1. The van der Waals surface area contributed by atoms with E-state index in [0.29, 0.717) is 0 Å². The Labute approximate surface area is 168 Å². The summed E-state index contributed by atoms with van der Waals surface area (Å²) >= 11 is 3.55. The third kappa shape index (κ3) is 3.74. The van der Waals surface area contributed by atoms with Gasteiger partial charge < -0.3 is 14.5 Å². The first-order chi connectivity index (χ1) is 12.7. The molecular formula is C20H25BrN4O2. The van der Waals surface area contributed by atoms with E-state index in [4.69, 9.17) is 4.74 Å². The Morgan fingerprint density at radius 2 is 1.89 bits per heavy atom. The van der Waals surface area contributed by atoms with Crippen LogP contribution in [0.3, 0.4) is 0 Å². The standard InChI is InChI=1S/C20H25BrN4O2/c1-19(2,3)27-18(26)25-11-20(12-25)6-8-24(9-7-20)17-15-10-14(21)4-5-16(15)22-13-23-17/h4-5,10,13H,6-9,11-12H2,1-3H3. The Bertz CT molecular complexity index is 864. The van der Waals surface area contributed by atoms with Crippen LogP contribution in [-0.4, -0.2) is 52.7 Å². The first-order valence-corrected chi connectivity index (χ1v) is 10.2. The van der Waals surface area contributed by atoms with Gasteiger partial charge in [-0.3, -0.25) is 0 Å². The van der Waals surface area contributed by atoms with Gasteiger partial charge in [-0.05, 0) is 51.8 Å². The second-order valence-electron chi connectivity index (χ2n) is 8.68. The molecule has 1 amide bonds. The van der Waals surface area contributed by atoms with Crippen molar-refractivity contribution in [2.75, 3.05) is 31.1 Å². The maximum atomic E-state index is 12.2. The summed E-state index contributed by atoms with van der Waals surface area (Å²) in [4.78, 5) is 25.3. The topological polar surface area (TPSA) is 58.6 Å². The number of benzene rings is 1. The Morgan fingerprint density at radius 3 is 2.56 bits per heavy atom. The molecule has 0 radical (unpaired) electrons. The minimum absolute atomic E-state index is 0.192. The van der Waals surface area contributed by atoms with Crippen LogP contribution in [0.4, 0.5) is 10.6 Å². The van der Waals surface area contributed by atoms with E-state index in [0.717, 1.165) is 60.2 Å². The number of carbonyl (C=O) groups is 1. The highest BCUT2D eigenvalue weighted by molar-refractivity contribution is 9.10. The van der Waals surface area contributed by atoms with E-state index in [1.165, 1.54) is 0 Å². The van der Waals surface area contributed by atoms with Gasteiger partial charge in [0.1, 0.15) is 17.7 Å². The number of fused-ring (bicyclic) bond motifs is 1. The molecule has 2 fully saturated rings. The molecule has 3 heterocycles. The highest BCUT2D eigenvalue weighted by atomic mass is 79.9. The molecule has 0 saturated carbocycles. The van der Waals surface area contributed by atoms with Crippen molar-refractivity contribution >= 4 is 38.7 Å². The lowest BCUT2D eigenvalue weighted by molar-refractivity contribution is -0.0434. The lowest BCUT2D eigenvalue weighted by Gasteiger charge is -2.53. The van der Waals surface area contributed by atoms with Crippen molar-refractivity contribution in [1.29, 1.82) is 0 Å². The highest BCUT2D eigenvalue weighted by Gasteiger charge is 2.48. The number of amides is 1. The average molecular weight is 433 g/mol. The SMILES string of the molecule is CC(C)(C)OC(=O)N1CC2(CCN(c3ncnc4ccc(Br)cc34)CC2)C1. The Kier molecular flexibility index (Phi) is 4.53. The molecule has 2 aliphatic rings. The quantitative estimate of drug-likeness (QED) is 0.674. The lowest BCUT2D eigenvalue weighted by Crippen LogP contribution is -2.62. The van der Waals surface area contributed by atoms with Crippen LogP contribution >= 0.6 is 15.9 Å². The smallest absolute Gasteiger partial charge is 0.410 e. The molecule has 0 aliphatic carbocycles. The van der Waals surface area contributed by atoms with Gasteiger partial charge in [0.05, 0.1) is 5.52 Å². The minimum atomic E-state index is -0.439. The van der Waals surface area contributed by atoms with Crippen molar-refractivity contribution in [1.82, 2.24) is 14.9 Å². The van der Waals surface area contributed by atoms with E-state index in [9.17, 15) is 4.79 Å². The van der Waals surface area contributed by atoms with Crippen molar-refractivity contribution < 1.29 is 9.53 Å². The number of aromatic nitrogens is 2. The maximum absolute atomic E-state index is 12.2. The molecule has 1 aromatic heterocycles. The summed E-state index contributed by atoms with van der Waals surface area (Å²) in [6.45, 7) is 9.20. The van der Waals surface area contributed by atoms with E-state index in [1.807, 2.05) is 37.8 Å². The molecule has 0 unspecified atom stereocenters. The second kappa shape index (κ2) is 6.62. The predicted octanol–water partition coefficient (Wildman–Crippen LogP) is 4.23. The number of ether oxygens (including phenoxy) is 1. The molecule has 7 heteroatoms. The number of hydrogen-bond donors (Lipinski definition) is 0. The van der Waals surface area contributed by atoms with Gasteiger partial charge in [-0.1, -0.05) is 15.9 Å². The summed E-state index contributed by atoms with van der Waals surface area (Å²) in [6.07, 6.45) is 3.57. The van der Waals surface area contributed by atoms with Crippen LogP contribution in [0.15, 0.2) is 29.0 Å². The van der Waals surface area contributed by atoms with E-state index in [1.54, 1.807) is 6.33 Å². The number of likely N-dealkylation sites (tertiary alicyclic amines) is 1. The van der Waals surface area contributed by atoms with Gasteiger partial charge in [0, 0.05) is 41.5 Å². The van der Waals surface area contributed by atoms with Crippen LogP contribution in [0.2, 0.25) is 0 Å². The maximum Gasteiger partial charge on any atom is 0.410 e. The monoisotopic (exact) mass is 432 g/mol. The van der Waals surface area contributed by atoms with E-state index in [-0.39, 0.29) is 11.5 Å². The number of halogens is 1. The Balaban J connectivity index is 1.41. The van der Waals surface area contributed by atoms with E-state index < -0.39 is 5.60 Å². The van der Waals surface area contributed by atoms with E-state index in [2.05, 4.69) is 36.9 Å². The summed E-state index contributed by atoms with van der Waals surface area (Å²) < 4.78 is 6.51. The number of rotatable bonds is 1. The number of hydrogen-bond acceptors (Lipinski definition) is 5. The third-order valence-corrected chi connectivity index (χ3v) is 5.90. The summed E-state index contributed by atoms with van der Waals surface area (Å²) in [7, 11) is 0. The molecule has 6 nitrogen and oxygen atoms in total. The van der Waals surface area contributed by atoms with Gasteiger partial charge >= 0.3 is 6.09 Å². The van der Waals surface area contributed by atoms with Crippen LogP contribution < -0.4 is 4.90 Å². The average Bonchev–Trinajstić information content (AvgIpc) is 2.58. The van der Waals surface area contributed by atoms with Gasteiger partial charge in [0.25, 0.3) is 0 Å². The summed E-state index contributed by atoms with van der Waals surface area (Å²) in [5.41, 5.74) is 0.755. The van der Waals surface area contributed by atoms with Gasteiger partial charge in [-0.25, -0.2) is 14.8 Å². The zero-order chi connectivity index (χ0) is 19.2. The number of carbonyl (C=O) groups excluding carboxylic acids is 1. The fraction of sp³-hybridized carbons (Fsp3) is 0.550. The molecule has 0 N–H and O–H groups in total. The van der Waals surface area contributed by atoms with Crippen LogP contribution in [0, 0.1) is 5.41 Å². The molecule has 0 atom stereocenters. The molecule has 144 valence electrons. The lowest BCUT2D eigenvalue weighted by atomic mass is 9.72. The highest BCUT2D eigenvalue weighted by Crippen LogP contribution is 2.42. The van der Waals surface area contributed by atoms with Crippen molar-refractivity contribution in [2.45, 2.75) is 39.2 Å².